The zero-order valence-electron chi connectivity index (χ0n) is 9.52. The predicted octanol–water partition coefficient (Wildman–Crippen LogP) is 0.414. The van der Waals surface area contributed by atoms with Gasteiger partial charge in [-0.1, -0.05) is 0 Å². The number of rotatable bonds is 3. The van der Waals surface area contributed by atoms with Crippen LogP contribution in [-0.2, 0) is 9.47 Å². The molecule has 0 aliphatic carbocycles. The van der Waals surface area contributed by atoms with E-state index in [0.29, 0.717) is 37.6 Å². The molecule has 1 fully saturated rings. The summed E-state index contributed by atoms with van der Waals surface area (Å²) < 4.78 is 10.7. The van der Waals surface area contributed by atoms with Crippen LogP contribution in [-0.4, -0.2) is 38.4 Å². The Balaban J connectivity index is 1.82. The molecule has 0 spiro atoms. The van der Waals surface area contributed by atoms with Crippen LogP contribution in [0.2, 0.25) is 0 Å². The first-order chi connectivity index (χ1) is 8.25. The molecular weight excluding hydrogens is 220 g/mol. The largest absolute Gasteiger partial charge is 0.399 e. The number of amides is 1. The van der Waals surface area contributed by atoms with Crippen LogP contribution in [0.5, 0.6) is 0 Å². The van der Waals surface area contributed by atoms with Crippen molar-refractivity contribution in [3.8, 4) is 0 Å². The zero-order chi connectivity index (χ0) is 12.1. The molecule has 1 aliphatic rings. The number of anilines is 1. The Hall–Kier alpha value is -1.59. The predicted molar refractivity (Wildman–Crippen MR) is 63.7 cm³/mol. The SMILES string of the molecule is Nc1ccc(C(=O)NC[C@H]2COCCO2)cc1. The molecule has 0 unspecified atom stereocenters. The van der Waals surface area contributed by atoms with Gasteiger partial charge >= 0.3 is 0 Å². The van der Waals surface area contributed by atoms with Crippen LogP contribution < -0.4 is 11.1 Å². The number of hydrogen-bond donors (Lipinski definition) is 2. The number of nitrogens with two attached hydrogens (primary N) is 1. The second-order valence-corrected chi connectivity index (χ2v) is 3.90. The maximum Gasteiger partial charge on any atom is 0.251 e. The second kappa shape index (κ2) is 5.65. The number of nitrogen functional groups attached to an aromatic ring is 1. The molecule has 1 aliphatic heterocycles. The van der Waals surface area contributed by atoms with Crippen molar-refractivity contribution >= 4 is 11.6 Å². The summed E-state index contributed by atoms with van der Waals surface area (Å²) in [6.07, 6.45) is -0.0542. The molecule has 0 aromatic heterocycles. The lowest BCUT2D eigenvalue weighted by molar-refractivity contribution is -0.0855. The Morgan fingerprint density at radius 1 is 1.35 bits per heavy atom. The number of benzene rings is 1. The molecule has 17 heavy (non-hydrogen) atoms. The first-order valence-electron chi connectivity index (χ1n) is 5.59. The normalized spacial score (nSPS) is 19.9. The lowest BCUT2D eigenvalue weighted by atomic mass is 10.2. The van der Waals surface area contributed by atoms with Crippen molar-refractivity contribution in [3.05, 3.63) is 29.8 Å². The fourth-order valence-corrected chi connectivity index (χ4v) is 1.60. The fraction of sp³-hybridized carbons (Fsp3) is 0.417. The van der Waals surface area contributed by atoms with Gasteiger partial charge in [0.05, 0.1) is 25.9 Å². The summed E-state index contributed by atoms with van der Waals surface area (Å²) in [6, 6.07) is 6.80. The Kier molecular flexibility index (Phi) is 3.95. The molecule has 0 bridgehead atoms. The molecule has 1 saturated heterocycles. The van der Waals surface area contributed by atoms with Crippen molar-refractivity contribution in [2.24, 2.45) is 0 Å². The Morgan fingerprint density at radius 3 is 2.76 bits per heavy atom. The smallest absolute Gasteiger partial charge is 0.251 e. The molecule has 5 heteroatoms. The van der Waals surface area contributed by atoms with Crippen LogP contribution in [0.1, 0.15) is 10.4 Å². The molecular formula is C12H16N2O3. The van der Waals surface area contributed by atoms with Gasteiger partial charge in [-0.25, -0.2) is 0 Å². The van der Waals surface area contributed by atoms with E-state index in [0.717, 1.165) is 0 Å². The van der Waals surface area contributed by atoms with E-state index in [-0.39, 0.29) is 12.0 Å². The van der Waals surface area contributed by atoms with E-state index < -0.39 is 0 Å². The third-order valence-electron chi connectivity index (χ3n) is 2.55. The topological polar surface area (TPSA) is 73.6 Å². The van der Waals surface area contributed by atoms with Crippen LogP contribution in [0.4, 0.5) is 5.69 Å². The van der Waals surface area contributed by atoms with Crippen LogP contribution >= 0.6 is 0 Å². The van der Waals surface area contributed by atoms with Gasteiger partial charge in [0.25, 0.3) is 5.91 Å². The summed E-state index contributed by atoms with van der Waals surface area (Å²) in [4.78, 5) is 11.8. The molecule has 0 radical (unpaired) electrons. The van der Waals surface area contributed by atoms with Gasteiger partial charge in [0.15, 0.2) is 0 Å². The van der Waals surface area contributed by atoms with Gasteiger partial charge in [-0.05, 0) is 24.3 Å². The van der Waals surface area contributed by atoms with Gasteiger partial charge in [0, 0.05) is 17.8 Å². The minimum Gasteiger partial charge on any atom is -0.399 e. The molecule has 1 atom stereocenters. The number of nitrogens with one attached hydrogen (secondary N) is 1. The van der Waals surface area contributed by atoms with Crippen molar-refractivity contribution in [1.29, 1.82) is 0 Å². The minimum absolute atomic E-state index is 0.0542. The average Bonchev–Trinajstić information content (AvgIpc) is 2.38. The van der Waals surface area contributed by atoms with E-state index in [9.17, 15) is 4.79 Å². The number of carbonyl (C=O) groups excluding carboxylic acids is 1. The second-order valence-electron chi connectivity index (χ2n) is 3.90. The van der Waals surface area contributed by atoms with Crippen molar-refractivity contribution < 1.29 is 14.3 Å². The minimum atomic E-state index is -0.126. The van der Waals surface area contributed by atoms with Crippen LogP contribution in [0.15, 0.2) is 24.3 Å². The van der Waals surface area contributed by atoms with Crippen LogP contribution in [0, 0.1) is 0 Å². The summed E-state index contributed by atoms with van der Waals surface area (Å²) in [5, 5.41) is 2.80. The molecule has 1 heterocycles. The standard InChI is InChI=1S/C12H16N2O3/c13-10-3-1-9(2-4-10)12(15)14-7-11-8-16-5-6-17-11/h1-4,11H,5-8,13H2,(H,14,15)/t11-/m0/s1. The highest BCUT2D eigenvalue weighted by atomic mass is 16.6. The lowest BCUT2D eigenvalue weighted by Gasteiger charge is -2.23. The summed E-state index contributed by atoms with van der Waals surface area (Å²) in [5.74, 6) is -0.126. The van der Waals surface area contributed by atoms with Gasteiger partial charge in [-0.3, -0.25) is 4.79 Å². The van der Waals surface area contributed by atoms with Gasteiger partial charge in [0.1, 0.15) is 0 Å². The number of ether oxygens (including phenoxy) is 2. The summed E-state index contributed by atoms with van der Waals surface area (Å²) in [5.41, 5.74) is 6.79. The summed E-state index contributed by atoms with van der Waals surface area (Å²) in [7, 11) is 0. The Morgan fingerprint density at radius 2 is 2.12 bits per heavy atom. The number of hydrogen-bond acceptors (Lipinski definition) is 4. The maximum absolute atomic E-state index is 11.8. The Labute approximate surface area is 99.9 Å². The molecule has 5 nitrogen and oxygen atoms in total. The van der Waals surface area contributed by atoms with E-state index in [4.69, 9.17) is 15.2 Å². The van der Waals surface area contributed by atoms with Crippen LogP contribution in [0.25, 0.3) is 0 Å². The van der Waals surface area contributed by atoms with Gasteiger partial charge in [-0.2, -0.15) is 0 Å². The number of carbonyl (C=O) groups is 1. The van der Waals surface area contributed by atoms with Gasteiger partial charge < -0.3 is 20.5 Å². The summed E-state index contributed by atoms with van der Waals surface area (Å²) >= 11 is 0. The quantitative estimate of drug-likeness (QED) is 0.746. The van der Waals surface area contributed by atoms with Crippen molar-refractivity contribution in [2.75, 3.05) is 32.1 Å². The molecule has 0 saturated carbocycles. The van der Waals surface area contributed by atoms with Crippen molar-refractivity contribution in [3.63, 3.8) is 0 Å². The molecule has 1 aromatic rings. The maximum atomic E-state index is 11.8. The third kappa shape index (κ3) is 3.44. The van der Waals surface area contributed by atoms with E-state index in [1.165, 1.54) is 0 Å². The van der Waals surface area contributed by atoms with E-state index in [2.05, 4.69) is 5.32 Å². The van der Waals surface area contributed by atoms with E-state index in [1.807, 2.05) is 0 Å². The van der Waals surface area contributed by atoms with Gasteiger partial charge in [0.2, 0.25) is 0 Å². The van der Waals surface area contributed by atoms with Crippen molar-refractivity contribution in [1.82, 2.24) is 5.32 Å². The zero-order valence-corrected chi connectivity index (χ0v) is 9.52. The molecule has 2 rings (SSSR count). The molecule has 3 N–H and O–H groups in total. The molecule has 1 aromatic carbocycles. The first-order valence-corrected chi connectivity index (χ1v) is 5.59. The first kappa shape index (κ1) is 11.9. The fourth-order valence-electron chi connectivity index (χ4n) is 1.60. The average molecular weight is 236 g/mol. The summed E-state index contributed by atoms with van der Waals surface area (Å²) in [6.45, 7) is 2.20. The van der Waals surface area contributed by atoms with E-state index in [1.54, 1.807) is 24.3 Å². The highest BCUT2D eigenvalue weighted by Crippen LogP contribution is 2.05. The molecule has 92 valence electrons. The van der Waals surface area contributed by atoms with Gasteiger partial charge in [-0.15, -0.1) is 0 Å². The Bertz CT molecular complexity index is 372. The third-order valence-corrected chi connectivity index (χ3v) is 2.55. The van der Waals surface area contributed by atoms with Crippen molar-refractivity contribution in [2.45, 2.75) is 6.10 Å². The highest BCUT2D eigenvalue weighted by molar-refractivity contribution is 5.94. The highest BCUT2D eigenvalue weighted by Gasteiger charge is 2.15. The van der Waals surface area contributed by atoms with Crippen LogP contribution in [0.3, 0.4) is 0 Å². The van der Waals surface area contributed by atoms with E-state index >= 15 is 0 Å². The monoisotopic (exact) mass is 236 g/mol. The lowest BCUT2D eigenvalue weighted by Crippen LogP contribution is -2.39. The molecule has 1 amide bonds.